The van der Waals surface area contributed by atoms with Crippen LogP contribution in [0.1, 0.15) is 31.1 Å². The lowest BCUT2D eigenvalue weighted by Gasteiger charge is -2.13. The summed E-state index contributed by atoms with van der Waals surface area (Å²) in [5.41, 5.74) is 0.102. The summed E-state index contributed by atoms with van der Waals surface area (Å²) in [6.07, 6.45) is -1.04. The van der Waals surface area contributed by atoms with Gasteiger partial charge in [0.25, 0.3) is 0 Å². The molecule has 1 aromatic heterocycles. The van der Waals surface area contributed by atoms with Crippen LogP contribution in [-0.2, 0) is 12.8 Å². The molecule has 0 bridgehead atoms. The van der Waals surface area contributed by atoms with Crippen molar-refractivity contribution in [2.45, 2.75) is 32.7 Å². The zero-order valence-electron chi connectivity index (χ0n) is 11.2. The molecule has 0 atom stereocenters. The monoisotopic (exact) mass is 284 g/mol. The van der Waals surface area contributed by atoms with Crippen LogP contribution in [0.5, 0.6) is 5.75 Å². The molecule has 2 rings (SSSR count). The van der Waals surface area contributed by atoms with Gasteiger partial charge in [0.1, 0.15) is 12.4 Å². The van der Waals surface area contributed by atoms with E-state index in [4.69, 9.17) is 4.74 Å². The SMILES string of the molecule is CC(C)n1cncc1COc1cccc(C(F)(F)F)c1. The number of benzene rings is 1. The number of rotatable bonds is 4. The quantitative estimate of drug-likeness (QED) is 0.846. The molecule has 20 heavy (non-hydrogen) atoms. The summed E-state index contributed by atoms with van der Waals surface area (Å²) in [5.74, 6) is 0.191. The van der Waals surface area contributed by atoms with Crippen LogP contribution in [0, 0.1) is 0 Å². The van der Waals surface area contributed by atoms with E-state index >= 15 is 0 Å². The van der Waals surface area contributed by atoms with E-state index in [9.17, 15) is 13.2 Å². The number of hydrogen-bond donors (Lipinski definition) is 0. The minimum absolute atomic E-state index is 0.180. The van der Waals surface area contributed by atoms with Crippen LogP contribution in [0.4, 0.5) is 13.2 Å². The Morgan fingerprint density at radius 3 is 2.70 bits per heavy atom. The highest BCUT2D eigenvalue weighted by Crippen LogP contribution is 2.31. The van der Waals surface area contributed by atoms with Gasteiger partial charge >= 0.3 is 6.18 Å². The van der Waals surface area contributed by atoms with Crippen molar-refractivity contribution in [3.63, 3.8) is 0 Å². The molecule has 0 N–H and O–H groups in total. The van der Waals surface area contributed by atoms with Gasteiger partial charge < -0.3 is 9.30 Å². The molecule has 0 fully saturated rings. The summed E-state index contributed by atoms with van der Waals surface area (Å²) >= 11 is 0. The van der Waals surface area contributed by atoms with Gasteiger partial charge in [-0.3, -0.25) is 0 Å². The first kappa shape index (κ1) is 14.4. The van der Waals surface area contributed by atoms with E-state index in [1.54, 1.807) is 12.5 Å². The van der Waals surface area contributed by atoms with Crippen molar-refractivity contribution in [3.8, 4) is 5.75 Å². The first-order chi connectivity index (χ1) is 9.38. The number of alkyl halides is 3. The van der Waals surface area contributed by atoms with Gasteiger partial charge in [0, 0.05) is 6.04 Å². The highest BCUT2D eigenvalue weighted by Gasteiger charge is 2.30. The first-order valence-electron chi connectivity index (χ1n) is 6.18. The van der Waals surface area contributed by atoms with E-state index in [0.717, 1.165) is 17.8 Å². The van der Waals surface area contributed by atoms with Crippen molar-refractivity contribution >= 4 is 0 Å². The molecule has 0 aliphatic heterocycles. The standard InChI is InChI=1S/C14H15F3N2O/c1-10(2)19-9-18-7-12(19)8-20-13-5-3-4-11(6-13)14(15,16)17/h3-7,9-10H,8H2,1-2H3. The second kappa shape index (κ2) is 5.56. The van der Waals surface area contributed by atoms with Crippen LogP contribution in [-0.4, -0.2) is 9.55 Å². The number of imidazole rings is 1. The molecular formula is C14H15F3N2O. The fraction of sp³-hybridized carbons (Fsp3) is 0.357. The summed E-state index contributed by atoms with van der Waals surface area (Å²) in [5, 5.41) is 0. The maximum atomic E-state index is 12.6. The third-order valence-corrected chi connectivity index (χ3v) is 2.85. The average Bonchev–Trinajstić information content (AvgIpc) is 2.84. The highest BCUT2D eigenvalue weighted by atomic mass is 19.4. The molecule has 0 aliphatic carbocycles. The lowest BCUT2D eigenvalue weighted by atomic mass is 10.2. The number of hydrogen-bond acceptors (Lipinski definition) is 2. The summed E-state index contributed by atoms with van der Waals surface area (Å²) < 4.78 is 45.1. The number of nitrogens with zero attached hydrogens (tertiary/aromatic N) is 2. The molecule has 1 aromatic carbocycles. The van der Waals surface area contributed by atoms with Gasteiger partial charge in [-0.25, -0.2) is 4.98 Å². The lowest BCUT2D eigenvalue weighted by Crippen LogP contribution is -2.08. The molecule has 0 amide bonds. The minimum Gasteiger partial charge on any atom is -0.487 e. The Balaban J connectivity index is 2.09. The molecule has 0 saturated carbocycles. The van der Waals surface area contributed by atoms with Crippen molar-refractivity contribution in [1.29, 1.82) is 0 Å². The lowest BCUT2D eigenvalue weighted by molar-refractivity contribution is -0.137. The topological polar surface area (TPSA) is 27.1 Å². The summed E-state index contributed by atoms with van der Waals surface area (Å²) in [4.78, 5) is 4.02. The molecule has 0 saturated heterocycles. The number of ether oxygens (including phenoxy) is 1. The Labute approximate surface area is 115 Å². The Morgan fingerprint density at radius 1 is 1.30 bits per heavy atom. The molecule has 2 aromatic rings. The van der Waals surface area contributed by atoms with Gasteiger partial charge in [-0.05, 0) is 32.0 Å². The van der Waals surface area contributed by atoms with Gasteiger partial charge in [0.2, 0.25) is 0 Å². The van der Waals surface area contributed by atoms with Crippen LogP contribution in [0.25, 0.3) is 0 Å². The van der Waals surface area contributed by atoms with E-state index in [1.165, 1.54) is 12.1 Å². The average molecular weight is 284 g/mol. The zero-order chi connectivity index (χ0) is 14.8. The Kier molecular flexibility index (Phi) is 4.01. The van der Waals surface area contributed by atoms with Crippen LogP contribution in [0.2, 0.25) is 0 Å². The van der Waals surface area contributed by atoms with Crippen molar-refractivity contribution in [2.24, 2.45) is 0 Å². The van der Waals surface area contributed by atoms with Crippen molar-refractivity contribution < 1.29 is 17.9 Å². The molecule has 3 nitrogen and oxygen atoms in total. The number of aromatic nitrogens is 2. The van der Waals surface area contributed by atoms with Crippen LogP contribution >= 0.6 is 0 Å². The third-order valence-electron chi connectivity index (χ3n) is 2.85. The summed E-state index contributed by atoms with van der Waals surface area (Å²) in [6.45, 7) is 4.17. The van der Waals surface area contributed by atoms with Crippen molar-refractivity contribution in [2.75, 3.05) is 0 Å². The molecular weight excluding hydrogens is 269 g/mol. The Morgan fingerprint density at radius 2 is 2.05 bits per heavy atom. The first-order valence-corrected chi connectivity index (χ1v) is 6.18. The van der Waals surface area contributed by atoms with Crippen LogP contribution in [0.15, 0.2) is 36.8 Å². The Hall–Kier alpha value is -1.98. The highest BCUT2D eigenvalue weighted by molar-refractivity contribution is 5.30. The fourth-order valence-electron chi connectivity index (χ4n) is 1.83. The van der Waals surface area contributed by atoms with Crippen LogP contribution < -0.4 is 4.74 Å². The molecule has 108 valence electrons. The van der Waals surface area contributed by atoms with E-state index in [0.29, 0.717) is 0 Å². The van der Waals surface area contributed by atoms with Crippen molar-refractivity contribution in [1.82, 2.24) is 9.55 Å². The van der Waals surface area contributed by atoms with Gasteiger partial charge in [0.15, 0.2) is 0 Å². The van der Waals surface area contributed by atoms with E-state index in [1.807, 2.05) is 18.4 Å². The third kappa shape index (κ3) is 3.31. The largest absolute Gasteiger partial charge is 0.487 e. The normalized spacial score (nSPS) is 11.9. The van der Waals surface area contributed by atoms with E-state index in [-0.39, 0.29) is 18.4 Å². The van der Waals surface area contributed by atoms with E-state index < -0.39 is 11.7 Å². The minimum atomic E-state index is -4.36. The van der Waals surface area contributed by atoms with Gasteiger partial charge in [-0.15, -0.1) is 0 Å². The maximum absolute atomic E-state index is 12.6. The fourth-order valence-corrected chi connectivity index (χ4v) is 1.83. The second-order valence-corrected chi connectivity index (χ2v) is 4.70. The molecule has 0 radical (unpaired) electrons. The van der Waals surface area contributed by atoms with Crippen LogP contribution in [0.3, 0.4) is 0 Å². The molecule has 6 heteroatoms. The van der Waals surface area contributed by atoms with Gasteiger partial charge in [0.05, 0.1) is 23.8 Å². The number of halogens is 3. The maximum Gasteiger partial charge on any atom is 0.416 e. The zero-order valence-corrected chi connectivity index (χ0v) is 11.2. The van der Waals surface area contributed by atoms with Gasteiger partial charge in [-0.2, -0.15) is 13.2 Å². The molecule has 1 heterocycles. The second-order valence-electron chi connectivity index (χ2n) is 4.70. The Bertz CT molecular complexity index is 576. The predicted octanol–water partition coefficient (Wildman–Crippen LogP) is 4.06. The predicted molar refractivity (Wildman–Crippen MR) is 68.4 cm³/mol. The molecule has 0 spiro atoms. The van der Waals surface area contributed by atoms with Crippen molar-refractivity contribution in [3.05, 3.63) is 48.0 Å². The molecule has 0 unspecified atom stereocenters. The smallest absolute Gasteiger partial charge is 0.416 e. The van der Waals surface area contributed by atoms with Gasteiger partial charge in [-0.1, -0.05) is 6.07 Å². The summed E-state index contributed by atoms with van der Waals surface area (Å²) in [6, 6.07) is 5.07. The summed E-state index contributed by atoms with van der Waals surface area (Å²) in [7, 11) is 0. The molecule has 0 aliphatic rings. The van der Waals surface area contributed by atoms with E-state index in [2.05, 4.69) is 4.98 Å².